The van der Waals surface area contributed by atoms with E-state index in [2.05, 4.69) is 15.5 Å². The monoisotopic (exact) mass is 409 g/mol. The van der Waals surface area contributed by atoms with Crippen LogP contribution >= 0.6 is 23.4 Å². The van der Waals surface area contributed by atoms with Gasteiger partial charge in [-0.05, 0) is 54.8 Å². The van der Waals surface area contributed by atoms with Gasteiger partial charge in [-0.15, -0.1) is 5.10 Å². The number of piperidine rings is 1. The van der Waals surface area contributed by atoms with Crippen LogP contribution in [0.2, 0.25) is 5.02 Å². The second-order valence-corrected chi connectivity index (χ2v) is 7.37. The van der Waals surface area contributed by atoms with Crippen molar-refractivity contribution in [3.05, 3.63) is 29.3 Å². The molecule has 0 N–H and O–H groups in total. The number of carbonyl (C=O) groups is 2. The van der Waals surface area contributed by atoms with Crippen LogP contribution in [-0.2, 0) is 14.3 Å². The Kier molecular flexibility index (Phi) is 6.68. The van der Waals surface area contributed by atoms with Crippen LogP contribution in [0.15, 0.2) is 29.4 Å². The van der Waals surface area contributed by atoms with Gasteiger partial charge >= 0.3 is 5.97 Å². The van der Waals surface area contributed by atoms with Crippen LogP contribution in [0, 0.1) is 0 Å². The summed E-state index contributed by atoms with van der Waals surface area (Å²) in [6.07, 6.45) is 2.43. The standard InChI is InChI=1S/C17H20ClN5O3S/c1-2-26-16(25)14-8-3-4-9-22(14)15(24)11-27-17-19-20-21-23(17)13-7-5-6-12(18)10-13/h5-7,10,14H,2-4,8-9,11H2,1H3/t14-/m0/s1. The largest absolute Gasteiger partial charge is 0.464 e. The minimum absolute atomic E-state index is 0.126. The number of amides is 1. The van der Waals surface area contributed by atoms with E-state index in [0.29, 0.717) is 35.4 Å². The van der Waals surface area contributed by atoms with Gasteiger partial charge in [0.25, 0.3) is 0 Å². The number of carbonyl (C=O) groups excluding carboxylic acids is 2. The zero-order valence-corrected chi connectivity index (χ0v) is 16.4. The molecular weight excluding hydrogens is 390 g/mol. The van der Waals surface area contributed by atoms with Crippen LogP contribution in [0.5, 0.6) is 0 Å². The number of benzene rings is 1. The van der Waals surface area contributed by atoms with Gasteiger partial charge in [-0.3, -0.25) is 4.79 Å². The molecule has 1 amide bonds. The maximum absolute atomic E-state index is 12.7. The summed E-state index contributed by atoms with van der Waals surface area (Å²) in [7, 11) is 0. The van der Waals surface area contributed by atoms with Crippen molar-refractivity contribution in [2.75, 3.05) is 18.9 Å². The molecule has 27 heavy (non-hydrogen) atoms. The Morgan fingerprint density at radius 1 is 1.37 bits per heavy atom. The molecule has 1 aliphatic rings. The lowest BCUT2D eigenvalue weighted by molar-refractivity contribution is -0.155. The number of nitrogens with zero attached hydrogens (tertiary/aromatic N) is 5. The Morgan fingerprint density at radius 3 is 3.00 bits per heavy atom. The molecule has 1 atom stereocenters. The van der Waals surface area contributed by atoms with Crippen molar-refractivity contribution < 1.29 is 14.3 Å². The summed E-state index contributed by atoms with van der Waals surface area (Å²) >= 11 is 7.24. The molecule has 0 spiro atoms. The molecule has 3 rings (SSSR count). The van der Waals surface area contributed by atoms with E-state index in [1.54, 1.807) is 30.0 Å². The third kappa shape index (κ3) is 4.78. The van der Waals surface area contributed by atoms with E-state index in [0.717, 1.165) is 12.8 Å². The Hall–Kier alpha value is -2.13. The van der Waals surface area contributed by atoms with Crippen LogP contribution in [0.1, 0.15) is 26.2 Å². The molecule has 10 heteroatoms. The van der Waals surface area contributed by atoms with Gasteiger partial charge in [0.2, 0.25) is 11.1 Å². The number of thioether (sulfide) groups is 1. The first-order valence-corrected chi connectivity index (χ1v) is 10.1. The molecule has 0 unspecified atom stereocenters. The van der Waals surface area contributed by atoms with Crippen LogP contribution < -0.4 is 0 Å². The maximum Gasteiger partial charge on any atom is 0.328 e. The summed E-state index contributed by atoms with van der Waals surface area (Å²) < 4.78 is 6.64. The van der Waals surface area contributed by atoms with Gasteiger partial charge in [-0.25, -0.2) is 4.79 Å². The highest BCUT2D eigenvalue weighted by atomic mass is 35.5. The third-order valence-corrected chi connectivity index (χ3v) is 5.34. The quantitative estimate of drug-likeness (QED) is 0.534. The van der Waals surface area contributed by atoms with Gasteiger partial charge in [0.15, 0.2) is 0 Å². The summed E-state index contributed by atoms with van der Waals surface area (Å²) in [5.74, 6) is -0.325. The third-order valence-electron chi connectivity index (χ3n) is 4.20. The van der Waals surface area contributed by atoms with E-state index in [1.807, 2.05) is 6.07 Å². The number of hydrogen-bond donors (Lipinski definition) is 0. The summed E-state index contributed by atoms with van der Waals surface area (Å²) in [4.78, 5) is 26.5. The molecule has 1 aromatic heterocycles. The molecule has 1 aromatic carbocycles. The average molecular weight is 410 g/mol. The number of ether oxygens (including phenoxy) is 1. The van der Waals surface area contributed by atoms with Crippen LogP contribution in [0.4, 0.5) is 0 Å². The fourth-order valence-corrected chi connectivity index (χ4v) is 3.92. The molecule has 1 saturated heterocycles. The number of tetrazole rings is 1. The Bertz CT molecular complexity index is 815. The lowest BCUT2D eigenvalue weighted by Crippen LogP contribution is -2.49. The zero-order chi connectivity index (χ0) is 19.2. The predicted octanol–water partition coefficient (Wildman–Crippen LogP) is 2.35. The lowest BCUT2D eigenvalue weighted by Gasteiger charge is -2.33. The Labute approximate surface area is 166 Å². The number of halogens is 1. The molecule has 0 aliphatic carbocycles. The molecule has 8 nitrogen and oxygen atoms in total. The van der Waals surface area contributed by atoms with Crippen molar-refractivity contribution >= 4 is 35.2 Å². The van der Waals surface area contributed by atoms with Gasteiger partial charge in [0.05, 0.1) is 18.0 Å². The molecular formula is C17H20ClN5O3S. The van der Waals surface area contributed by atoms with Gasteiger partial charge in [-0.1, -0.05) is 29.4 Å². The fraction of sp³-hybridized carbons (Fsp3) is 0.471. The highest BCUT2D eigenvalue weighted by Crippen LogP contribution is 2.23. The molecule has 0 saturated carbocycles. The molecule has 0 radical (unpaired) electrons. The summed E-state index contributed by atoms with van der Waals surface area (Å²) in [6.45, 7) is 2.63. The van der Waals surface area contributed by atoms with Gasteiger partial charge in [-0.2, -0.15) is 4.68 Å². The van der Waals surface area contributed by atoms with Gasteiger partial charge < -0.3 is 9.64 Å². The van der Waals surface area contributed by atoms with Crippen molar-refractivity contribution in [1.82, 2.24) is 25.1 Å². The topological polar surface area (TPSA) is 90.2 Å². The molecule has 2 aromatic rings. The summed E-state index contributed by atoms with van der Waals surface area (Å²) in [5.41, 5.74) is 0.713. The molecule has 1 fully saturated rings. The molecule has 0 bridgehead atoms. The van der Waals surface area contributed by atoms with Crippen molar-refractivity contribution in [1.29, 1.82) is 0 Å². The second-order valence-electron chi connectivity index (χ2n) is 5.99. The van der Waals surface area contributed by atoms with Crippen molar-refractivity contribution in [3.8, 4) is 5.69 Å². The minimum atomic E-state index is -0.504. The number of likely N-dealkylation sites (tertiary alicyclic amines) is 1. The normalized spacial score (nSPS) is 17.0. The minimum Gasteiger partial charge on any atom is -0.464 e. The van der Waals surface area contributed by atoms with Gasteiger partial charge in [0, 0.05) is 11.6 Å². The van der Waals surface area contributed by atoms with E-state index < -0.39 is 6.04 Å². The van der Waals surface area contributed by atoms with Crippen LogP contribution in [0.3, 0.4) is 0 Å². The van der Waals surface area contributed by atoms with Crippen molar-refractivity contribution in [3.63, 3.8) is 0 Å². The van der Waals surface area contributed by atoms with Crippen LogP contribution in [0.25, 0.3) is 5.69 Å². The Balaban J connectivity index is 1.67. The first-order valence-electron chi connectivity index (χ1n) is 8.73. The van der Waals surface area contributed by atoms with E-state index in [9.17, 15) is 9.59 Å². The first kappa shape index (κ1) is 19.6. The molecule has 144 valence electrons. The summed E-state index contributed by atoms with van der Waals surface area (Å²) in [5, 5.41) is 12.7. The highest BCUT2D eigenvalue weighted by molar-refractivity contribution is 7.99. The highest BCUT2D eigenvalue weighted by Gasteiger charge is 2.33. The van der Waals surface area contributed by atoms with Crippen LogP contribution in [-0.4, -0.2) is 61.9 Å². The number of hydrogen-bond acceptors (Lipinski definition) is 7. The predicted molar refractivity (Wildman–Crippen MR) is 101 cm³/mol. The second kappa shape index (κ2) is 9.18. The summed E-state index contributed by atoms with van der Waals surface area (Å²) in [6, 6.07) is 6.63. The van der Waals surface area contributed by atoms with E-state index in [4.69, 9.17) is 16.3 Å². The first-order chi connectivity index (χ1) is 13.1. The van der Waals surface area contributed by atoms with Gasteiger partial charge in [0.1, 0.15) is 6.04 Å². The SMILES string of the molecule is CCOC(=O)[C@@H]1CCCCN1C(=O)CSc1nnnn1-c1cccc(Cl)c1. The molecule has 2 heterocycles. The smallest absolute Gasteiger partial charge is 0.328 e. The van der Waals surface area contributed by atoms with E-state index >= 15 is 0 Å². The maximum atomic E-state index is 12.7. The fourth-order valence-electron chi connectivity index (χ4n) is 2.96. The van der Waals surface area contributed by atoms with E-state index in [-0.39, 0.29) is 17.6 Å². The van der Waals surface area contributed by atoms with Crippen molar-refractivity contribution in [2.45, 2.75) is 37.4 Å². The Morgan fingerprint density at radius 2 is 2.22 bits per heavy atom. The number of aromatic nitrogens is 4. The number of rotatable bonds is 6. The number of esters is 1. The van der Waals surface area contributed by atoms with Crippen molar-refractivity contribution in [2.24, 2.45) is 0 Å². The van der Waals surface area contributed by atoms with E-state index in [1.165, 1.54) is 16.4 Å². The zero-order valence-electron chi connectivity index (χ0n) is 14.9. The lowest BCUT2D eigenvalue weighted by atomic mass is 10.0. The average Bonchev–Trinajstić information content (AvgIpc) is 3.15. The molecule has 1 aliphatic heterocycles.